The quantitative estimate of drug-likeness (QED) is 0.809. The van der Waals surface area contributed by atoms with Gasteiger partial charge in [-0.05, 0) is 18.6 Å². The fourth-order valence-corrected chi connectivity index (χ4v) is 9.22. The summed E-state index contributed by atoms with van der Waals surface area (Å²) in [5.41, 5.74) is 0.392. The first-order valence-corrected chi connectivity index (χ1v) is 10.4. The molecular weight excluding hydrogens is 330 g/mol. The van der Waals surface area contributed by atoms with E-state index in [0.717, 1.165) is 5.56 Å². The van der Waals surface area contributed by atoms with Crippen molar-refractivity contribution in [1.29, 1.82) is 0 Å². The van der Waals surface area contributed by atoms with Crippen molar-refractivity contribution >= 4 is 27.4 Å². The second kappa shape index (κ2) is 5.19. The molecule has 0 saturated carbocycles. The number of hydrogen-bond acceptors (Lipinski definition) is 4. The molecule has 1 aromatic rings. The summed E-state index contributed by atoms with van der Waals surface area (Å²) in [6.45, 7) is 2.52. The Morgan fingerprint density at radius 3 is 2.48 bits per heavy atom. The maximum Gasteiger partial charge on any atom is 0.175 e. The second-order valence-corrected chi connectivity index (χ2v) is 10.6. The van der Waals surface area contributed by atoms with Crippen molar-refractivity contribution in [2.75, 3.05) is 11.5 Å². The summed E-state index contributed by atoms with van der Waals surface area (Å²) in [5.74, 6) is 0.975. The largest absolute Gasteiger partial charge is 0.293 e. The first kappa shape index (κ1) is 15.4. The van der Waals surface area contributed by atoms with Crippen molar-refractivity contribution in [2.45, 2.75) is 35.5 Å². The first-order chi connectivity index (χ1) is 11.0. The summed E-state index contributed by atoms with van der Waals surface area (Å²) < 4.78 is 24.7. The van der Waals surface area contributed by atoms with Gasteiger partial charge in [-0.2, -0.15) is 0 Å². The van der Waals surface area contributed by atoms with E-state index in [-0.39, 0.29) is 11.8 Å². The van der Waals surface area contributed by atoms with E-state index in [9.17, 15) is 13.2 Å². The van der Waals surface area contributed by atoms with Gasteiger partial charge in [-0.15, -0.1) is 0 Å². The SMILES string of the molecule is C[C@@]12CC3([C@@H](C=CC1=O)N2Cc1ccccc1)[S@](=O)CC[S@]3=O. The maximum absolute atomic E-state index is 12.7. The van der Waals surface area contributed by atoms with Crippen LogP contribution in [-0.2, 0) is 32.9 Å². The predicted octanol–water partition coefficient (Wildman–Crippen LogP) is 1.37. The Balaban J connectivity index is 1.80. The van der Waals surface area contributed by atoms with Gasteiger partial charge in [0.15, 0.2) is 5.78 Å². The van der Waals surface area contributed by atoms with Crippen LogP contribution in [0.1, 0.15) is 18.9 Å². The fraction of sp³-hybridized carbons (Fsp3) is 0.471. The Morgan fingerprint density at radius 2 is 1.83 bits per heavy atom. The highest BCUT2D eigenvalue weighted by molar-refractivity contribution is 8.07. The zero-order valence-corrected chi connectivity index (χ0v) is 14.6. The third-order valence-corrected chi connectivity index (χ3v) is 10.2. The molecule has 122 valence electrons. The highest BCUT2D eigenvalue weighted by Gasteiger charge is 2.67. The predicted molar refractivity (Wildman–Crippen MR) is 91.7 cm³/mol. The second-order valence-electron chi connectivity index (χ2n) is 6.64. The van der Waals surface area contributed by atoms with Crippen LogP contribution in [0.15, 0.2) is 42.5 Å². The van der Waals surface area contributed by atoms with E-state index < -0.39 is 31.2 Å². The Morgan fingerprint density at radius 1 is 1.17 bits per heavy atom. The summed E-state index contributed by atoms with van der Waals surface area (Å²) in [7, 11) is -2.32. The van der Waals surface area contributed by atoms with Gasteiger partial charge >= 0.3 is 0 Å². The Hall–Kier alpha value is -1.11. The summed E-state index contributed by atoms with van der Waals surface area (Å²) in [5, 5.41) is 0. The molecule has 0 radical (unpaired) electrons. The minimum Gasteiger partial charge on any atom is -0.293 e. The molecule has 6 heteroatoms. The van der Waals surface area contributed by atoms with Crippen LogP contribution in [0, 0.1) is 0 Å². The molecule has 3 aliphatic rings. The molecule has 0 N–H and O–H groups in total. The van der Waals surface area contributed by atoms with Crippen molar-refractivity contribution < 1.29 is 13.2 Å². The number of rotatable bonds is 2. The number of fused-ring (bicyclic) bond motifs is 3. The number of carbonyl (C=O) groups is 1. The van der Waals surface area contributed by atoms with Gasteiger partial charge in [-0.3, -0.25) is 18.1 Å². The van der Waals surface area contributed by atoms with Gasteiger partial charge in [0.05, 0.1) is 11.6 Å². The van der Waals surface area contributed by atoms with Gasteiger partial charge in [0.2, 0.25) is 0 Å². The molecule has 23 heavy (non-hydrogen) atoms. The smallest absolute Gasteiger partial charge is 0.175 e. The van der Waals surface area contributed by atoms with E-state index in [1.54, 1.807) is 6.08 Å². The molecule has 0 unspecified atom stereocenters. The van der Waals surface area contributed by atoms with Crippen molar-refractivity contribution in [1.82, 2.24) is 4.90 Å². The van der Waals surface area contributed by atoms with E-state index in [1.165, 1.54) is 0 Å². The molecule has 2 bridgehead atoms. The Bertz CT molecular complexity index is 729. The molecule has 1 spiro atoms. The van der Waals surface area contributed by atoms with Crippen molar-refractivity contribution in [3.8, 4) is 0 Å². The third kappa shape index (κ3) is 2.01. The van der Waals surface area contributed by atoms with Crippen LogP contribution in [-0.4, -0.2) is 46.3 Å². The van der Waals surface area contributed by atoms with Gasteiger partial charge in [0.25, 0.3) is 0 Å². The lowest BCUT2D eigenvalue weighted by Crippen LogP contribution is -2.53. The van der Waals surface area contributed by atoms with Gasteiger partial charge < -0.3 is 0 Å². The molecule has 1 aromatic carbocycles. The summed E-state index contributed by atoms with van der Waals surface area (Å²) in [6, 6.07) is 9.77. The molecular formula is C17H19NO3S2. The first-order valence-electron chi connectivity index (χ1n) is 7.79. The van der Waals surface area contributed by atoms with Gasteiger partial charge in [0, 0.05) is 46.1 Å². The van der Waals surface area contributed by atoms with Gasteiger partial charge in [0.1, 0.15) is 4.08 Å². The van der Waals surface area contributed by atoms with E-state index in [2.05, 4.69) is 4.90 Å². The van der Waals surface area contributed by atoms with Crippen LogP contribution in [0.5, 0.6) is 0 Å². The lowest BCUT2D eigenvalue weighted by atomic mass is 9.91. The highest BCUT2D eigenvalue weighted by atomic mass is 32.3. The zero-order chi connectivity index (χ0) is 16.2. The number of carbonyl (C=O) groups excluding carboxylic acids is 1. The van der Waals surface area contributed by atoms with Crippen LogP contribution in [0.2, 0.25) is 0 Å². The van der Waals surface area contributed by atoms with E-state index in [4.69, 9.17) is 0 Å². The van der Waals surface area contributed by atoms with Crippen LogP contribution in [0.25, 0.3) is 0 Å². The maximum atomic E-state index is 12.7. The van der Waals surface area contributed by atoms with Gasteiger partial charge in [-0.25, -0.2) is 0 Å². The van der Waals surface area contributed by atoms with E-state index in [0.29, 0.717) is 24.5 Å². The molecule has 2 saturated heterocycles. The average molecular weight is 349 g/mol. The van der Waals surface area contributed by atoms with Crippen LogP contribution in [0.4, 0.5) is 0 Å². The molecule has 3 aliphatic heterocycles. The minimum absolute atomic E-state index is 0.0301. The molecule has 4 nitrogen and oxygen atoms in total. The lowest BCUT2D eigenvalue weighted by Gasteiger charge is -2.38. The minimum atomic E-state index is -1.16. The molecule has 0 amide bonds. The molecule has 4 atom stereocenters. The molecule has 0 aliphatic carbocycles. The van der Waals surface area contributed by atoms with Crippen LogP contribution in [0.3, 0.4) is 0 Å². The number of benzene rings is 1. The third-order valence-electron chi connectivity index (χ3n) is 5.39. The van der Waals surface area contributed by atoms with Crippen LogP contribution >= 0.6 is 0 Å². The molecule has 3 heterocycles. The van der Waals surface area contributed by atoms with Crippen molar-refractivity contribution in [3.05, 3.63) is 48.0 Å². The summed E-state index contributed by atoms with van der Waals surface area (Å²) in [4.78, 5) is 14.7. The number of ketones is 1. The highest BCUT2D eigenvalue weighted by Crippen LogP contribution is 2.52. The Labute approximate surface area is 140 Å². The van der Waals surface area contributed by atoms with Crippen molar-refractivity contribution in [3.63, 3.8) is 0 Å². The number of hydrogen-bond donors (Lipinski definition) is 0. The molecule has 0 aromatic heterocycles. The summed E-state index contributed by atoms with van der Waals surface area (Å²) in [6.07, 6.45) is 3.86. The lowest BCUT2D eigenvalue weighted by molar-refractivity contribution is -0.125. The summed E-state index contributed by atoms with van der Waals surface area (Å²) >= 11 is 0. The van der Waals surface area contributed by atoms with E-state index >= 15 is 0 Å². The monoisotopic (exact) mass is 349 g/mol. The average Bonchev–Trinajstić information content (AvgIpc) is 2.91. The molecule has 2 fully saturated rings. The van der Waals surface area contributed by atoms with Crippen molar-refractivity contribution in [2.24, 2.45) is 0 Å². The van der Waals surface area contributed by atoms with Crippen LogP contribution < -0.4 is 0 Å². The van der Waals surface area contributed by atoms with Gasteiger partial charge in [-0.1, -0.05) is 36.4 Å². The number of nitrogens with zero attached hydrogens (tertiary/aromatic N) is 1. The normalized spacial score (nSPS) is 38.5. The fourth-order valence-electron chi connectivity index (χ4n) is 4.15. The standard InChI is InChI=1S/C17H19NO3S2/c1-16-12-17(22(20)9-10-23(17)21)14(7-8-15(16)19)18(16)11-13-5-3-2-4-6-13/h2-8,14H,9-12H2,1H3/t14-,16-,22-,23-/m1/s1. The topological polar surface area (TPSA) is 54.5 Å². The Kier molecular flexibility index (Phi) is 3.48. The van der Waals surface area contributed by atoms with E-state index in [1.807, 2.05) is 43.3 Å². The molecule has 4 rings (SSSR count). The zero-order valence-electron chi connectivity index (χ0n) is 12.9.